The van der Waals surface area contributed by atoms with Gasteiger partial charge in [0.15, 0.2) is 5.78 Å². The molecule has 0 bridgehead atoms. The lowest BCUT2D eigenvalue weighted by Gasteiger charge is -2.03. The molecule has 1 aromatic heterocycles. The van der Waals surface area contributed by atoms with E-state index in [2.05, 4.69) is 5.10 Å². The van der Waals surface area contributed by atoms with Crippen LogP contribution in [0.3, 0.4) is 0 Å². The van der Waals surface area contributed by atoms with Gasteiger partial charge >= 0.3 is 5.97 Å². The van der Waals surface area contributed by atoms with Gasteiger partial charge in [0.05, 0.1) is 19.6 Å². The van der Waals surface area contributed by atoms with Crippen LogP contribution in [0.15, 0.2) is 12.3 Å². The van der Waals surface area contributed by atoms with Crippen molar-refractivity contribution < 1.29 is 14.3 Å². The Balaban J connectivity index is 2.32. The molecular formula is C11H16N2O3. The molecule has 16 heavy (non-hydrogen) atoms. The Bertz CT molecular complexity index is 371. The van der Waals surface area contributed by atoms with Crippen LogP contribution in [0.4, 0.5) is 0 Å². The van der Waals surface area contributed by atoms with Gasteiger partial charge in [-0.3, -0.25) is 14.3 Å². The zero-order valence-electron chi connectivity index (χ0n) is 9.60. The van der Waals surface area contributed by atoms with Crippen molar-refractivity contribution in [2.75, 3.05) is 6.61 Å². The molecule has 1 rings (SSSR count). The number of aromatic nitrogens is 2. The van der Waals surface area contributed by atoms with Crippen molar-refractivity contribution in [3.05, 3.63) is 18.0 Å². The summed E-state index contributed by atoms with van der Waals surface area (Å²) in [5, 5.41) is 4.00. The van der Waals surface area contributed by atoms with Crippen molar-refractivity contribution >= 4 is 11.8 Å². The number of esters is 1. The largest absolute Gasteiger partial charge is 0.466 e. The van der Waals surface area contributed by atoms with Crippen LogP contribution in [-0.4, -0.2) is 28.1 Å². The summed E-state index contributed by atoms with van der Waals surface area (Å²) in [4.78, 5) is 22.5. The first kappa shape index (κ1) is 12.4. The van der Waals surface area contributed by atoms with E-state index in [4.69, 9.17) is 4.74 Å². The van der Waals surface area contributed by atoms with Gasteiger partial charge in [0, 0.05) is 18.3 Å². The molecular weight excluding hydrogens is 208 g/mol. The highest BCUT2D eigenvalue weighted by Crippen LogP contribution is 2.00. The molecule has 0 aromatic carbocycles. The van der Waals surface area contributed by atoms with Crippen LogP contribution >= 0.6 is 0 Å². The fourth-order valence-electron chi connectivity index (χ4n) is 1.29. The van der Waals surface area contributed by atoms with Crippen LogP contribution < -0.4 is 0 Å². The molecule has 1 heterocycles. The second-order valence-electron chi connectivity index (χ2n) is 3.47. The second-order valence-corrected chi connectivity index (χ2v) is 3.47. The third-order valence-electron chi connectivity index (χ3n) is 2.17. The van der Waals surface area contributed by atoms with Crippen molar-refractivity contribution in [3.8, 4) is 0 Å². The molecule has 0 saturated heterocycles. The van der Waals surface area contributed by atoms with Gasteiger partial charge in [-0.2, -0.15) is 5.10 Å². The van der Waals surface area contributed by atoms with Crippen molar-refractivity contribution in [3.63, 3.8) is 0 Å². The standard InChI is InChI=1S/C11H16N2O3/c1-3-16-11(15)5-4-10(14)8-13-9(2)6-7-12-13/h6-7H,3-5,8H2,1-2H3. The van der Waals surface area contributed by atoms with E-state index in [0.717, 1.165) is 5.69 Å². The molecule has 0 fully saturated rings. The number of hydrogen-bond donors (Lipinski definition) is 0. The van der Waals surface area contributed by atoms with E-state index in [0.29, 0.717) is 6.61 Å². The Hall–Kier alpha value is -1.65. The first-order valence-corrected chi connectivity index (χ1v) is 5.29. The third kappa shape index (κ3) is 3.84. The van der Waals surface area contributed by atoms with E-state index in [-0.39, 0.29) is 31.1 Å². The maximum absolute atomic E-state index is 11.5. The number of hydrogen-bond acceptors (Lipinski definition) is 4. The minimum Gasteiger partial charge on any atom is -0.466 e. The molecule has 0 atom stereocenters. The summed E-state index contributed by atoms with van der Waals surface area (Å²) in [6.07, 6.45) is 2.00. The maximum Gasteiger partial charge on any atom is 0.306 e. The molecule has 0 spiro atoms. The van der Waals surface area contributed by atoms with E-state index in [9.17, 15) is 9.59 Å². The Labute approximate surface area is 94.4 Å². The van der Waals surface area contributed by atoms with Gasteiger partial charge in [0.2, 0.25) is 0 Å². The summed E-state index contributed by atoms with van der Waals surface area (Å²) in [6, 6.07) is 1.83. The molecule has 5 heteroatoms. The lowest BCUT2D eigenvalue weighted by atomic mass is 10.2. The smallest absolute Gasteiger partial charge is 0.306 e. The lowest BCUT2D eigenvalue weighted by molar-refractivity contribution is -0.144. The number of carbonyl (C=O) groups is 2. The van der Waals surface area contributed by atoms with E-state index in [1.807, 2.05) is 13.0 Å². The molecule has 5 nitrogen and oxygen atoms in total. The fourth-order valence-corrected chi connectivity index (χ4v) is 1.29. The molecule has 0 radical (unpaired) electrons. The highest BCUT2D eigenvalue weighted by molar-refractivity contribution is 5.82. The van der Waals surface area contributed by atoms with Gasteiger partial charge in [0.25, 0.3) is 0 Å². The molecule has 0 unspecified atom stereocenters. The molecule has 0 saturated carbocycles. The maximum atomic E-state index is 11.5. The summed E-state index contributed by atoms with van der Waals surface area (Å²) in [6.45, 7) is 4.20. The number of ether oxygens (including phenoxy) is 1. The number of rotatable bonds is 6. The van der Waals surface area contributed by atoms with Crippen molar-refractivity contribution in [1.29, 1.82) is 0 Å². The average molecular weight is 224 g/mol. The average Bonchev–Trinajstić information content (AvgIpc) is 2.62. The highest BCUT2D eigenvalue weighted by atomic mass is 16.5. The van der Waals surface area contributed by atoms with Gasteiger partial charge in [-0.05, 0) is 19.9 Å². The molecule has 88 valence electrons. The van der Waals surface area contributed by atoms with Gasteiger partial charge in [0.1, 0.15) is 0 Å². The van der Waals surface area contributed by atoms with Crippen molar-refractivity contribution in [1.82, 2.24) is 9.78 Å². The number of ketones is 1. The Kier molecular flexibility index (Phi) is 4.69. The second kappa shape index (κ2) is 6.05. The van der Waals surface area contributed by atoms with E-state index >= 15 is 0 Å². The van der Waals surface area contributed by atoms with Crippen LogP contribution in [0.1, 0.15) is 25.5 Å². The third-order valence-corrected chi connectivity index (χ3v) is 2.17. The predicted molar refractivity (Wildman–Crippen MR) is 57.8 cm³/mol. The quantitative estimate of drug-likeness (QED) is 0.679. The van der Waals surface area contributed by atoms with Crippen molar-refractivity contribution in [2.24, 2.45) is 0 Å². The first-order chi connectivity index (χ1) is 7.63. The summed E-state index contributed by atoms with van der Waals surface area (Å²) in [5.74, 6) is -0.340. The zero-order valence-corrected chi connectivity index (χ0v) is 9.60. The Morgan fingerprint density at radius 3 is 2.75 bits per heavy atom. The summed E-state index contributed by atoms with van der Waals surface area (Å²) in [5.41, 5.74) is 0.935. The molecule has 0 aliphatic carbocycles. The number of Topliss-reactive ketones (excluding diaryl/α,β-unsaturated/α-hetero) is 1. The molecule has 0 amide bonds. The van der Waals surface area contributed by atoms with Crippen LogP contribution in [0.2, 0.25) is 0 Å². The number of aryl methyl sites for hydroxylation is 1. The summed E-state index contributed by atoms with van der Waals surface area (Å²) in [7, 11) is 0. The van der Waals surface area contributed by atoms with Crippen LogP contribution in [-0.2, 0) is 20.9 Å². The zero-order chi connectivity index (χ0) is 12.0. The van der Waals surface area contributed by atoms with E-state index < -0.39 is 0 Å². The van der Waals surface area contributed by atoms with Crippen LogP contribution in [0, 0.1) is 6.92 Å². The molecule has 0 aliphatic rings. The number of nitrogens with zero attached hydrogens (tertiary/aromatic N) is 2. The van der Waals surface area contributed by atoms with E-state index in [1.54, 1.807) is 17.8 Å². The predicted octanol–water partition coefficient (Wildman–Crippen LogP) is 1.10. The summed E-state index contributed by atoms with van der Waals surface area (Å²) >= 11 is 0. The first-order valence-electron chi connectivity index (χ1n) is 5.29. The Morgan fingerprint density at radius 1 is 1.44 bits per heavy atom. The fraction of sp³-hybridized carbons (Fsp3) is 0.545. The highest BCUT2D eigenvalue weighted by Gasteiger charge is 2.09. The monoisotopic (exact) mass is 224 g/mol. The minimum absolute atomic E-state index is 0.0140. The molecule has 1 aromatic rings. The Morgan fingerprint density at radius 2 is 2.19 bits per heavy atom. The number of carbonyl (C=O) groups excluding carboxylic acids is 2. The van der Waals surface area contributed by atoms with Gasteiger partial charge in [-0.25, -0.2) is 0 Å². The molecule has 0 N–H and O–H groups in total. The van der Waals surface area contributed by atoms with Crippen LogP contribution in [0.25, 0.3) is 0 Å². The minimum atomic E-state index is -0.326. The SMILES string of the molecule is CCOC(=O)CCC(=O)Cn1nccc1C. The topological polar surface area (TPSA) is 61.2 Å². The summed E-state index contributed by atoms with van der Waals surface area (Å²) < 4.78 is 6.36. The van der Waals surface area contributed by atoms with Gasteiger partial charge in [-0.1, -0.05) is 0 Å². The lowest BCUT2D eigenvalue weighted by Crippen LogP contribution is -2.14. The van der Waals surface area contributed by atoms with E-state index in [1.165, 1.54) is 0 Å². The van der Waals surface area contributed by atoms with Crippen LogP contribution in [0.5, 0.6) is 0 Å². The normalized spacial score (nSPS) is 10.1. The molecule has 0 aliphatic heterocycles. The van der Waals surface area contributed by atoms with Gasteiger partial charge < -0.3 is 4.74 Å². The van der Waals surface area contributed by atoms with Crippen molar-refractivity contribution in [2.45, 2.75) is 33.2 Å². The van der Waals surface area contributed by atoms with Gasteiger partial charge in [-0.15, -0.1) is 0 Å².